The maximum Gasteiger partial charge on any atom is 0.315 e. The highest BCUT2D eigenvalue weighted by molar-refractivity contribution is 7.10. The minimum absolute atomic E-state index is 0.119. The van der Waals surface area contributed by atoms with Crippen molar-refractivity contribution >= 4 is 28.7 Å². The lowest BCUT2D eigenvalue weighted by Crippen LogP contribution is -2.39. The fourth-order valence-corrected chi connectivity index (χ4v) is 3.73. The third-order valence-electron chi connectivity index (χ3n) is 3.38. The molecule has 0 spiro atoms. The molecule has 1 aromatic carbocycles. The van der Waals surface area contributed by atoms with Crippen molar-refractivity contribution in [3.63, 3.8) is 0 Å². The fourth-order valence-electron chi connectivity index (χ4n) is 2.25. The van der Waals surface area contributed by atoms with Crippen molar-refractivity contribution < 1.29 is 9.53 Å². The van der Waals surface area contributed by atoms with Gasteiger partial charge in [0.2, 0.25) is 0 Å². The predicted molar refractivity (Wildman–Crippen MR) is 99.0 cm³/mol. The first-order valence-corrected chi connectivity index (χ1v) is 9.43. The van der Waals surface area contributed by atoms with Crippen LogP contribution in [0.4, 0.5) is 4.79 Å². The Morgan fingerprint density at radius 2 is 1.96 bits per heavy atom. The molecule has 0 aliphatic heterocycles. The Labute approximate surface area is 149 Å². The first-order chi connectivity index (χ1) is 11.8. The highest BCUT2D eigenvalue weighted by atomic mass is 32.1. The van der Waals surface area contributed by atoms with Gasteiger partial charge in [0.05, 0.1) is 12.6 Å². The molecule has 4 nitrogen and oxygen atoms in total. The van der Waals surface area contributed by atoms with E-state index in [0.29, 0.717) is 13.2 Å². The van der Waals surface area contributed by atoms with Gasteiger partial charge in [0.25, 0.3) is 0 Å². The lowest BCUT2D eigenvalue weighted by Gasteiger charge is -2.17. The Morgan fingerprint density at radius 3 is 2.67 bits per heavy atom. The molecule has 24 heavy (non-hydrogen) atoms. The van der Waals surface area contributed by atoms with Crippen LogP contribution in [0.5, 0.6) is 5.75 Å². The largest absolute Gasteiger partial charge is 0.492 e. The van der Waals surface area contributed by atoms with Crippen LogP contribution in [0.2, 0.25) is 0 Å². The number of carbonyl (C=O) groups is 1. The zero-order valence-corrected chi connectivity index (χ0v) is 14.6. The van der Waals surface area contributed by atoms with Gasteiger partial charge in [-0.15, -0.1) is 11.3 Å². The number of rotatable bonds is 7. The van der Waals surface area contributed by atoms with Gasteiger partial charge in [-0.3, -0.25) is 0 Å². The molecule has 2 aromatic heterocycles. The van der Waals surface area contributed by atoms with E-state index >= 15 is 0 Å². The van der Waals surface area contributed by atoms with Crippen LogP contribution in [0, 0.1) is 0 Å². The summed E-state index contributed by atoms with van der Waals surface area (Å²) in [5.41, 5.74) is 1.10. The average Bonchev–Trinajstić information content (AvgIpc) is 3.31. The first-order valence-electron chi connectivity index (χ1n) is 7.60. The summed E-state index contributed by atoms with van der Waals surface area (Å²) in [5.74, 6) is 0.800. The Bertz CT molecular complexity index is 693. The van der Waals surface area contributed by atoms with Crippen LogP contribution in [0.1, 0.15) is 16.5 Å². The van der Waals surface area contributed by atoms with E-state index in [4.69, 9.17) is 4.74 Å². The van der Waals surface area contributed by atoms with Crippen LogP contribution in [0.25, 0.3) is 0 Å². The molecule has 0 saturated heterocycles. The minimum Gasteiger partial charge on any atom is -0.492 e. The van der Waals surface area contributed by atoms with Gasteiger partial charge in [-0.25, -0.2) is 4.79 Å². The van der Waals surface area contributed by atoms with Crippen molar-refractivity contribution in [1.29, 1.82) is 0 Å². The van der Waals surface area contributed by atoms with Gasteiger partial charge in [0.15, 0.2) is 0 Å². The number of urea groups is 1. The first kappa shape index (κ1) is 16.5. The molecule has 2 N–H and O–H groups in total. The number of ether oxygens (including phenoxy) is 1. The summed E-state index contributed by atoms with van der Waals surface area (Å²) in [5, 5.41) is 12.0. The molecule has 124 valence electrons. The smallest absolute Gasteiger partial charge is 0.315 e. The maximum atomic E-state index is 12.2. The van der Waals surface area contributed by atoms with Crippen LogP contribution in [-0.4, -0.2) is 19.2 Å². The molecular formula is C18H18N2O2S2. The number of para-hydroxylation sites is 1. The van der Waals surface area contributed by atoms with Gasteiger partial charge < -0.3 is 15.4 Å². The van der Waals surface area contributed by atoms with Crippen LogP contribution in [0.15, 0.2) is 64.7 Å². The molecule has 0 aliphatic carbocycles. The van der Waals surface area contributed by atoms with E-state index in [1.165, 1.54) is 0 Å². The van der Waals surface area contributed by atoms with Crippen molar-refractivity contribution in [3.05, 3.63) is 75.1 Å². The van der Waals surface area contributed by atoms with E-state index < -0.39 is 0 Å². The molecule has 6 heteroatoms. The standard InChI is InChI=1S/C18H18N2O2S2/c21-18(19-9-10-22-15-5-2-1-3-6-15)20-17(14-8-12-23-13-14)16-7-4-11-24-16/h1-8,11-13,17H,9-10H2,(H2,19,20,21)/t17-/m1/s1. The number of thiophene rings is 2. The number of carbonyl (C=O) groups excluding carboxylic acids is 1. The van der Waals surface area contributed by atoms with Crippen LogP contribution < -0.4 is 15.4 Å². The van der Waals surface area contributed by atoms with Gasteiger partial charge in [-0.05, 0) is 46.0 Å². The van der Waals surface area contributed by atoms with E-state index in [-0.39, 0.29) is 12.1 Å². The van der Waals surface area contributed by atoms with E-state index in [9.17, 15) is 4.79 Å². The van der Waals surface area contributed by atoms with Crippen LogP contribution >= 0.6 is 22.7 Å². The molecule has 2 heterocycles. The second-order valence-electron chi connectivity index (χ2n) is 5.07. The summed E-state index contributed by atoms with van der Waals surface area (Å²) in [6, 6.07) is 15.3. The quantitative estimate of drug-likeness (QED) is 0.620. The van der Waals surface area contributed by atoms with Crippen molar-refractivity contribution in [2.45, 2.75) is 6.04 Å². The highest BCUT2D eigenvalue weighted by Gasteiger charge is 2.17. The van der Waals surface area contributed by atoms with Gasteiger partial charge in [-0.2, -0.15) is 11.3 Å². The molecule has 3 aromatic rings. The summed E-state index contributed by atoms with van der Waals surface area (Å²) in [6.45, 7) is 0.876. The SMILES string of the molecule is O=C(NCCOc1ccccc1)N[C@H](c1ccsc1)c1cccs1. The third-order valence-corrected chi connectivity index (χ3v) is 5.02. The summed E-state index contributed by atoms with van der Waals surface area (Å²) >= 11 is 3.26. The van der Waals surface area contributed by atoms with Crippen molar-refractivity contribution in [3.8, 4) is 5.75 Å². The molecule has 0 fully saturated rings. The van der Waals surface area contributed by atoms with Gasteiger partial charge >= 0.3 is 6.03 Å². The Morgan fingerprint density at radius 1 is 1.08 bits per heavy atom. The van der Waals surface area contributed by atoms with E-state index in [0.717, 1.165) is 16.2 Å². The number of benzene rings is 1. The summed E-state index contributed by atoms with van der Waals surface area (Å²) in [6.07, 6.45) is 0. The summed E-state index contributed by atoms with van der Waals surface area (Å²) in [4.78, 5) is 13.3. The predicted octanol–water partition coefficient (Wildman–Crippen LogP) is 4.28. The molecule has 1 atom stereocenters. The fraction of sp³-hybridized carbons (Fsp3) is 0.167. The number of hydrogen-bond acceptors (Lipinski definition) is 4. The normalized spacial score (nSPS) is 11.7. The topological polar surface area (TPSA) is 50.4 Å². The molecule has 2 amide bonds. The summed E-state index contributed by atoms with van der Waals surface area (Å²) < 4.78 is 5.57. The third kappa shape index (κ3) is 4.59. The molecule has 3 rings (SSSR count). The molecular weight excluding hydrogens is 340 g/mol. The summed E-state index contributed by atoms with van der Waals surface area (Å²) in [7, 11) is 0. The molecule has 0 unspecified atom stereocenters. The Balaban J connectivity index is 1.49. The molecule has 0 saturated carbocycles. The zero-order valence-electron chi connectivity index (χ0n) is 13.0. The van der Waals surface area contributed by atoms with Crippen LogP contribution in [-0.2, 0) is 0 Å². The van der Waals surface area contributed by atoms with Crippen molar-refractivity contribution in [1.82, 2.24) is 10.6 Å². The van der Waals surface area contributed by atoms with Gasteiger partial charge in [0.1, 0.15) is 12.4 Å². The van der Waals surface area contributed by atoms with E-state index in [2.05, 4.69) is 16.0 Å². The number of nitrogens with one attached hydrogen (secondary N) is 2. The zero-order chi connectivity index (χ0) is 16.6. The lowest BCUT2D eigenvalue weighted by atomic mass is 10.1. The Hall–Kier alpha value is -2.31. The number of hydrogen-bond donors (Lipinski definition) is 2. The second-order valence-corrected chi connectivity index (χ2v) is 6.83. The monoisotopic (exact) mass is 358 g/mol. The molecule has 0 radical (unpaired) electrons. The average molecular weight is 358 g/mol. The highest BCUT2D eigenvalue weighted by Crippen LogP contribution is 2.27. The molecule has 0 aliphatic rings. The van der Waals surface area contributed by atoms with Crippen molar-refractivity contribution in [2.75, 3.05) is 13.2 Å². The maximum absolute atomic E-state index is 12.2. The van der Waals surface area contributed by atoms with Gasteiger partial charge in [0, 0.05) is 4.88 Å². The van der Waals surface area contributed by atoms with E-state index in [1.54, 1.807) is 22.7 Å². The van der Waals surface area contributed by atoms with Gasteiger partial charge in [-0.1, -0.05) is 24.3 Å². The van der Waals surface area contributed by atoms with Crippen LogP contribution in [0.3, 0.4) is 0 Å². The minimum atomic E-state index is -0.198. The van der Waals surface area contributed by atoms with Crippen molar-refractivity contribution in [2.24, 2.45) is 0 Å². The Kier molecular flexibility index (Phi) is 5.87. The lowest BCUT2D eigenvalue weighted by molar-refractivity contribution is 0.234. The number of amides is 2. The molecule has 0 bridgehead atoms. The second kappa shape index (κ2) is 8.52. The van der Waals surface area contributed by atoms with E-state index in [1.807, 2.05) is 59.3 Å².